The summed E-state index contributed by atoms with van der Waals surface area (Å²) < 4.78 is 29.4. The third-order valence-electron chi connectivity index (χ3n) is 5.74. The summed E-state index contributed by atoms with van der Waals surface area (Å²) >= 11 is 0. The number of carboxylic acid groups (broad SMARTS) is 1. The first-order valence-corrected chi connectivity index (χ1v) is 11.9. The maximum Gasteiger partial charge on any atom is 0.322 e. The van der Waals surface area contributed by atoms with Crippen molar-refractivity contribution in [2.24, 2.45) is 0 Å². The summed E-state index contributed by atoms with van der Waals surface area (Å²) in [6.07, 6.45) is 3.20. The van der Waals surface area contributed by atoms with Crippen LogP contribution in [-0.2, 0) is 21.2 Å². The second kappa shape index (κ2) is 8.85. The first-order chi connectivity index (χ1) is 15.3. The Morgan fingerprint density at radius 2 is 1.91 bits per heavy atom. The molecule has 0 aliphatic carbocycles. The van der Waals surface area contributed by atoms with E-state index in [2.05, 4.69) is 10.0 Å². The normalized spacial score (nSPS) is 17.5. The van der Waals surface area contributed by atoms with Crippen LogP contribution in [0.25, 0.3) is 10.9 Å². The largest absolute Gasteiger partial charge is 0.480 e. The number of aryl methyl sites for hydroxylation is 1. The number of benzene rings is 2. The van der Waals surface area contributed by atoms with Crippen LogP contribution in [-0.4, -0.2) is 48.6 Å². The monoisotopic (exact) mass is 455 g/mol. The number of hydrogen-bond donors (Lipinski definition) is 3. The average molecular weight is 456 g/mol. The van der Waals surface area contributed by atoms with Crippen LogP contribution >= 0.6 is 0 Å². The Balaban J connectivity index is 1.65. The van der Waals surface area contributed by atoms with E-state index in [1.54, 1.807) is 35.0 Å². The number of sulfonamides is 1. The Morgan fingerprint density at radius 1 is 1.19 bits per heavy atom. The molecule has 2 atom stereocenters. The van der Waals surface area contributed by atoms with Gasteiger partial charge >= 0.3 is 5.97 Å². The molecule has 3 aromatic rings. The van der Waals surface area contributed by atoms with Crippen molar-refractivity contribution < 1.29 is 23.1 Å². The van der Waals surface area contributed by atoms with Gasteiger partial charge in [-0.3, -0.25) is 14.2 Å². The molecule has 2 aromatic carbocycles. The topological polar surface area (TPSA) is 118 Å². The van der Waals surface area contributed by atoms with E-state index >= 15 is 0 Å². The third kappa shape index (κ3) is 4.45. The highest BCUT2D eigenvalue weighted by atomic mass is 32.2. The molecule has 32 heavy (non-hydrogen) atoms. The molecule has 0 unspecified atom stereocenters. The maximum absolute atomic E-state index is 13.0. The smallest absolute Gasteiger partial charge is 0.322 e. The molecule has 1 aliphatic heterocycles. The SMILES string of the molecule is Cc1ccc(S(=O)(=O)N[C@@H](Cc2cn(C(=O)[C@@H]3CCCN3)c3ccccc23)C(=O)O)cc1. The van der Waals surface area contributed by atoms with Crippen LogP contribution in [0.3, 0.4) is 0 Å². The van der Waals surface area contributed by atoms with Gasteiger partial charge in [-0.05, 0) is 50.1 Å². The predicted molar refractivity (Wildman–Crippen MR) is 120 cm³/mol. The van der Waals surface area contributed by atoms with E-state index in [1.165, 1.54) is 12.1 Å². The number of aliphatic carboxylic acids is 1. The minimum Gasteiger partial charge on any atom is -0.480 e. The molecule has 0 bridgehead atoms. The van der Waals surface area contributed by atoms with E-state index < -0.39 is 22.0 Å². The Bertz CT molecular complexity index is 1260. The number of aromatic nitrogens is 1. The number of rotatable bonds is 7. The highest BCUT2D eigenvalue weighted by molar-refractivity contribution is 7.89. The molecule has 0 spiro atoms. The number of nitrogens with zero attached hydrogens (tertiary/aromatic N) is 1. The molecule has 0 saturated carbocycles. The number of carboxylic acids is 1. The summed E-state index contributed by atoms with van der Waals surface area (Å²) in [5.74, 6) is -1.39. The van der Waals surface area contributed by atoms with Crippen LogP contribution in [0.2, 0.25) is 0 Å². The number of nitrogens with one attached hydrogen (secondary N) is 2. The van der Waals surface area contributed by atoms with Crippen LogP contribution in [0.15, 0.2) is 59.6 Å². The molecular formula is C23H25N3O5S. The van der Waals surface area contributed by atoms with Gasteiger partial charge in [0.25, 0.3) is 0 Å². The second-order valence-corrected chi connectivity index (χ2v) is 9.77. The second-order valence-electron chi connectivity index (χ2n) is 8.06. The van der Waals surface area contributed by atoms with Crippen molar-refractivity contribution in [3.8, 4) is 0 Å². The zero-order chi connectivity index (χ0) is 22.9. The zero-order valence-corrected chi connectivity index (χ0v) is 18.4. The van der Waals surface area contributed by atoms with E-state index in [-0.39, 0.29) is 23.3 Å². The molecule has 2 heterocycles. The highest BCUT2D eigenvalue weighted by Gasteiger charge is 2.29. The van der Waals surface area contributed by atoms with Gasteiger partial charge in [-0.15, -0.1) is 0 Å². The predicted octanol–water partition coefficient (Wildman–Crippen LogP) is 2.32. The Kier molecular flexibility index (Phi) is 6.14. The van der Waals surface area contributed by atoms with Gasteiger partial charge in [0, 0.05) is 18.0 Å². The fraction of sp³-hybridized carbons (Fsp3) is 0.304. The molecule has 168 valence electrons. The lowest BCUT2D eigenvalue weighted by Crippen LogP contribution is -2.42. The Hall–Kier alpha value is -3.01. The summed E-state index contributed by atoms with van der Waals surface area (Å²) in [7, 11) is -4.03. The van der Waals surface area contributed by atoms with Gasteiger partial charge in [-0.2, -0.15) is 4.72 Å². The molecule has 3 N–H and O–H groups in total. The lowest BCUT2D eigenvalue weighted by atomic mass is 10.1. The zero-order valence-electron chi connectivity index (χ0n) is 17.6. The maximum atomic E-state index is 13.0. The van der Waals surface area contributed by atoms with E-state index in [0.717, 1.165) is 30.3 Å². The van der Waals surface area contributed by atoms with Gasteiger partial charge in [0.05, 0.1) is 16.5 Å². The molecule has 1 aliphatic rings. The third-order valence-corrected chi connectivity index (χ3v) is 7.23. The first-order valence-electron chi connectivity index (χ1n) is 10.4. The van der Waals surface area contributed by atoms with Crippen molar-refractivity contribution in [3.05, 3.63) is 65.9 Å². The van der Waals surface area contributed by atoms with Crippen LogP contribution in [0.5, 0.6) is 0 Å². The Labute approximate surface area is 186 Å². The fourth-order valence-corrected chi connectivity index (χ4v) is 5.22. The van der Waals surface area contributed by atoms with E-state index in [9.17, 15) is 23.1 Å². The molecular weight excluding hydrogens is 430 g/mol. The fourth-order valence-electron chi connectivity index (χ4n) is 4.03. The number of carbonyl (C=O) groups excluding carboxylic acids is 1. The number of para-hydroxylation sites is 1. The molecule has 0 radical (unpaired) electrons. The minimum absolute atomic E-state index is 0.000682. The molecule has 1 saturated heterocycles. The van der Waals surface area contributed by atoms with Crippen molar-refractivity contribution in [3.63, 3.8) is 0 Å². The van der Waals surface area contributed by atoms with Crippen LogP contribution in [0, 0.1) is 6.92 Å². The van der Waals surface area contributed by atoms with E-state index in [1.807, 2.05) is 19.1 Å². The molecule has 4 rings (SSSR count). The Morgan fingerprint density at radius 3 is 2.56 bits per heavy atom. The van der Waals surface area contributed by atoms with E-state index in [0.29, 0.717) is 11.1 Å². The summed E-state index contributed by atoms with van der Waals surface area (Å²) in [4.78, 5) is 24.9. The van der Waals surface area contributed by atoms with E-state index in [4.69, 9.17) is 0 Å². The summed E-state index contributed by atoms with van der Waals surface area (Å²) in [5, 5.41) is 13.6. The summed E-state index contributed by atoms with van der Waals surface area (Å²) in [5.41, 5.74) is 2.16. The quantitative estimate of drug-likeness (QED) is 0.503. The van der Waals surface area contributed by atoms with Crippen molar-refractivity contribution >= 4 is 32.8 Å². The van der Waals surface area contributed by atoms with Gasteiger partial charge in [0.2, 0.25) is 15.9 Å². The van der Waals surface area contributed by atoms with Crippen LogP contribution in [0.4, 0.5) is 0 Å². The summed E-state index contributed by atoms with van der Waals surface area (Å²) in [6.45, 7) is 2.62. The first kappa shape index (κ1) is 22.2. The van der Waals surface area contributed by atoms with Crippen molar-refractivity contribution in [2.75, 3.05) is 6.54 Å². The van der Waals surface area contributed by atoms with Gasteiger partial charge in [0.15, 0.2) is 0 Å². The van der Waals surface area contributed by atoms with Gasteiger partial charge in [-0.1, -0.05) is 35.9 Å². The molecule has 1 aromatic heterocycles. The molecule has 0 amide bonds. The number of carbonyl (C=O) groups is 2. The van der Waals surface area contributed by atoms with Gasteiger partial charge in [-0.25, -0.2) is 8.42 Å². The standard InChI is InChI=1S/C23H25N3O5S/c1-15-8-10-17(11-9-15)32(30,31)25-20(23(28)29)13-16-14-26(21-7-3-2-5-18(16)21)22(27)19-6-4-12-24-19/h2-3,5,7-11,14,19-20,24-25H,4,6,12-13H2,1H3,(H,28,29)/t19-,20-/m0/s1. The van der Waals surface area contributed by atoms with Gasteiger partial charge in [0.1, 0.15) is 6.04 Å². The van der Waals surface area contributed by atoms with Crippen LogP contribution in [0.1, 0.15) is 28.8 Å². The molecule has 8 nitrogen and oxygen atoms in total. The van der Waals surface area contributed by atoms with Crippen molar-refractivity contribution in [2.45, 2.75) is 43.2 Å². The van der Waals surface area contributed by atoms with Crippen molar-refractivity contribution in [1.29, 1.82) is 0 Å². The lowest BCUT2D eigenvalue weighted by molar-refractivity contribution is -0.138. The van der Waals surface area contributed by atoms with Crippen LogP contribution < -0.4 is 10.0 Å². The average Bonchev–Trinajstić information content (AvgIpc) is 3.42. The van der Waals surface area contributed by atoms with Gasteiger partial charge < -0.3 is 10.4 Å². The minimum atomic E-state index is -4.03. The number of hydrogen-bond acceptors (Lipinski definition) is 5. The molecule has 9 heteroatoms. The molecule has 1 fully saturated rings. The highest BCUT2D eigenvalue weighted by Crippen LogP contribution is 2.24. The van der Waals surface area contributed by atoms with Crippen molar-refractivity contribution in [1.82, 2.24) is 14.6 Å². The lowest BCUT2D eigenvalue weighted by Gasteiger charge is -2.15. The number of fused-ring (bicyclic) bond motifs is 1. The summed E-state index contributed by atoms with van der Waals surface area (Å²) in [6, 6.07) is 11.7.